The molecule has 0 spiro atoms. The molecule has 1 N–H and O–H groups in total. The fourth-order valence-electron chi connectivity index (χ4n) is 3.12. The summed E-state index contributed by atoms with van der Waals surface area (Å²) in [6.07, 6.45) is 1.85. The molecule has 128 valence electrons. The Morgan fingerprint density at radius 2 is 2.12 bits per heavy atom. The highest BCUT2D eigenvalue weighted by atomic mass is 16.5. The summed E-state index contributed by atoms with van der Waals surface area (Å²) in [6, 6.07) is 7.94. The molecule has 24 heavy (non-hydrogen) atoms. The third-order valence-electron chi connectivity index (χ3n) is 4.51. The van der Waals surface area contributed by atoms with E-state index in [4.69, 9.17) is 4.74 Å². The second-order valence-electron chi connectivity index (χ2n) is 5.98. The Balaban J connectivity index is 1.88. The minimum absolute atomic E-state index is 0.0153. The molecule has 0 radical (unpaired) electrons. The van der Waals surface area contributed by atoms with Crippen molar-refractivity contribution in [3.63, 3.8) is 0 Å². The monoisotopic (exact) mass is 328 g/mol. The van der Waals surface area contributed by atoms with Crippen LogP contribution in [0.4, 0.5) is 0 Å². The zero-order valence-electron chi connectivity index (χ0n) is 14.5. The lowest BCUT2D eigenvalue weighted by Gasteiger charge is -2.36. The number of nitrogens with one attached hydrogen (secondary N) is 1. The molecule has 1 amide bonds. The highest BCUT2D eigenvalue weighted by molar-refractivity contribution is 5.95. The van der Waals surface area contributed by atoms with Gasteiger partial charge in [-0.05, 0) is 31.5 Å². The van der Waals surface area contributed by atoms with Crippen LogP contribution in [0.5, 0.6) is 5.75 Å². The van der Waals surface area contributed by atoms with E-state index < -0.39 is 0 Å². The van der Waals surface area contributed by atoms with Crippen LogP contribution in [0.1, 0.15) is 34.6 Å². The lowest BCUT2D eigenvalue weighted by atomic mass is 10.0. The summed E-state index contributed by atoms with van der Waals surface area (Å²) in [5.74, 6) is 0.870. The molecule has 3 rings (SSSR count). The van der Waals surface area contributed by atoms with Gasteiger partial charge in [-0.3, -0.25) is 9.48 Å². The summed E-state index contributed by atoms with van der Waals surface area (Å²) in [5, 5.41) is 7.79. The van der Waals surface area contributed by atoms with Crippen LogP contribution in [0.25, 0.3) is 0 Å². The smallest absolute Gasteiger partial charge is 0.257 e. The van der Waals surface area contributed by atoms with E-state index >= 15 is 0 Å². The summed E-state index contributed by atoms with van der Waals surface area (Å²) in [6.45, 7) is 6.91. The molecule has 2 heterocycles. The Labute approximate surface area is 142 Å². The zero-order chi connectivity index (χ0) is 17.1. The van der Waals surface area contributed by atoms with Gasteiger partial charge in [-0.25, -0.2) is 0 Å². The Morgan fingerprint density at radius 1 is 1.38 bits per heavy atom. The Morgan fingerprint density at radius 3 is 2.75 bits per heavy atom. The molecule has 1 aromatic heterocycles. The minimum atomic E-state index is 0.0153. The summed E-state index contributed by atoms with van der Waals surface area (Å²) in [7, 11) is 1.65. The fourth-order valence-corrected chi connectivity index (χ4v) is 3.12. The molecule has 1 saturated heterocycles. The maximum Gasteiger partial charge on any atom is 0.257 e. The van der Waals surface area contributed by atoms with Gasteiger partial charge in [-0.1, -0.05) is 12.1 Å². The predicted molar refractivity (Wildman–Crippen MR) is 92.3 cm³/mol. The van der Waals surface area contributed by atoms with Gasteiger partial charge in [0.25, 0.3) is 5.91 Å². The van der Waals surface area contributed by atoms with Gasteiger partial charge >= 0.3 is 0 Å². The first-order valence-electron chi connectivity index (χ1n) is 8.33. The molecule has 1 aliphatic heterocycles. The van der Waals surface area contributed by atoms with E-state index in [9.17, 15) is 4.79 Å². The van der Waals surface area contributed by atoms with Gasteiger partial charge in [0.05, 0.1) is 24.4 Å². The number of carbonyl (C=O) groups is 1. The predicted octanol–water partition coefficient (Wildman–Crippen LogP) is 2.01. The number of rotatable bonds is 4. The maximum atomic E-state index is 13.1. The molecule has 0 unspecified atom stereocenters. The number of piperazine rings is 1. The second-order valence-corrected chi connectivity index (χ2v) is 5.98. The van der Waals surface area contributed by atoms with Crippen molar-refractivity contribution in [1.29, 1.82) is 0 Å². The number of methoxy groups -OCH3 is 1. The number of aryl methyl sites for hydroxylation is 2. The molecule has 1 aromatic carbocycles. The van der Waals surface area contributed by atoms with Crippen LogP contribution >= 0.6 is 0 Å². The number of benzene rings is 1. The molecular formula is C18H24N4O2. The number of hydrogen-bond acceptors (Lipinski definition) is 4. The fraction of sp³-hybridized carbons (Fsp3) is 0.444. The normalized spacial score (nSPS) is 17.8. The standard InChI is InChI=1S/C18H24N4O2/c1-4-21-12-16(13(2)20-21)18(23)22-10-9-19-11-17(22)14-5-7-15(24-3)8-6-14/h5-8,12,17,19H,4,9-11H2,1-3H3/t17-/m0/s1. The third-order valence-corrected chi connectivity index (χ3v) is 4.51. The van der Waals surface area contributed by atoms with Crippen LogP contribution in [-0.2, 0) is 6.54 Å². The molecule has 0 bridgehead atoms. The van der Waals surface area contributed by atoms with Crippen molar-refractivity contribution in [2.75, 3.05) is 26.7 Å². The first-order valence-corrected chi connectivity index (χ1v) is 8.33. The van der Waals surface area contributed by atoms with Gasteiger partial charge in [0.2, 0.25) is 0 Å². The summed E-state index contributed by atoms with van der Waals surface area (Å²) >= 11 is 0. The lowest BCUT2D eigenvalue weighted by molar-refractivity contribution is 0.0633. The van der Waals surface area contributed by atoms with Crippen molar-refractivity contribution in [3.8, 4) is 5.75 Å². The van der Waals surface area contributed by atoms with Gasteiger partial charge in [0.15, 0.2) is 0 Å². The molecular weight excluding hydrogens is 304 g/mol. The molecule has 1 aliphatic rings. The van der Waals surface area contributed by atoms with Crippen molar-refractivity contribution in [1.82, 2.24) is 20.0 Å². The van der Waals surface area contributed by atoms with Crippen LogP contribution in [0.2, 0.25) is 0 Å². The molecule has 2 aromatic rings. The van der Waals surface area contributed by atoms with Crippen LogP contribution in [0, 0.1) is 6.92 Å². The topological polar surface area (TPSA) is 59.4 Å². The molecule has 1 atom stereocenters. The Bertz CT molecular complexity index is 708. The van der Waals surface area contributed by atoms with Gasteiger partial charge in [-0.2, -0.15) is 5.10 Å². The molecule has 1 fully saturated rings. The number of nitrogens with zero attached hydrogens (tertiary/aromatic N) is 3. The second kappa shape index (κ2) is 7.05. The highest BCUT2D eigenvalue weighted by Gasteiger charge is 2.30. The molecule has 0 saturated carbocycles. The lowest BCUT2D eigenvalue weighted by Crippen LogP contribution is -2.48. The molecule has 6 nitrogen and oxygen atoms in total. The van der Waals surface area contributed by atoms with E-state index in [0.29, 0.717) is 12.1 Å². The summed E-state index contributed by atoms with van der Waals surface area (Å²) in [5.41, 5.74) is 2.59. The first-order chi connectivity index (χ1) is 11.6. The number of aromatic nitrogens is 2. The summed E-state index contributed by atoms with van der Waals surface area (Å²) in [4.78, 5) is 15.0. The van der Waals surface area contributed by atoms with E-state index in [0.717, 1.165) is 36.6 Å². The van der Waals surface area contributed by atoms with Crippen molar-refractivity contribution in [2.24, 2.45) is 0 Å². The van der Waals surface area contributed by atoms with Crippen LogP contribution in [-0.4, -0.2) is 47.3 Å². The number of amides is 1. The zero-order valence-corrected chi connectivity index (χ0v) is 14.5. The van der Waals surface area contributed by atoms with E-state index in [1.165, 1.54) is 0 Å². The van der Waals surface area contributed by atoms with Gasteiger partial charge in [0.1, 0.15) is 5.75 Å². The Kier molecular flexibility index (Phi) is 4.85. The van der Waals surface area contributed by atoms with Gasteiger partial charge < -0.3 is 15.0 Å². The van der Waals surface area contributed by atoms with Crippen LogP contribution in [0.3, 0.4) is 0 Å². The van der Waals surface area contributed by atoms with E-state index in [2.05, 4.69) is 10.4 Å². The van der Waals surface area contributed by atoms with Crippen LogP contribution < -0.4 is 10.1 Å². The van der Waals surface area contributed by atoms with Gasteiger partial charge in [0, 0.05) is 32.4 Å². The maximum absolute atomic E-state index is 13.1. The van der Waals surface area contributed by atoms with Crippen molar-refractivity contribution < 1.29 is 9.53 Å². The molecule has 6 heteroatoms. The minimum Gasteiger partial charge on any atom is -0.497 e. The van der Waals surface area contributed by atoms with Crippen LogP contribution in [0.15, 0.2) is 30.5 Å². The average Bonchev–Trinajstić information content (AvgIpc) is 3.02. The Hall–Kier alpha value is -2.34. The number of hydrogen-bond donors (Lipinski definition) is 1. The van der Waals surface area contributed by atoms with Crippen molar-refractivity contribution in [3.05, 3.63) is 47.3 Å². The number of ether oxygens (including phenoxy) is 1. The van der Waals surface area contributed by atoms with Crippen molar-refractivity contribution in [2.45, 2.75) is 26.4 Å². The van der Waals surface area contributed by atoms with E-state index in [-0.39, 0.29) is 11.9 Å². The summed E-state index contributed by atoms with van der Waals surface area (Å²) < 4.78 is 7.04. The van der Waals surface area contributed by atoms with E-state index in [1.807, 2.05) is 53.9 Å². The number of carbonyl (C=O) groups excluding carboxylic acids is 1. The first kappa shape index (κ1) is 16.5. The average molecular weight is 328 g/mol. The van der Waals surface area contributed by atoms with Gasteiger partial charge in [-0.15, -0.1) is 0 Å². The largest absolute Gasteiger partial charge is 0.497 e. The third kappa shape index (κ3) is 3.14. The SMILES string of the molecule is CCn1cc(C(=O)N2CCNC[C@H]2c2ccc(OC)cc2)c(C)n1. The van der Waals surface area contributed by atoms with E-state index in [1.54, 1.807) is 7.11 Å². The highest BCUT2D eigenvalue weighted by Crippen LogP contribution is 2.26. The molecule has 0 aliphatic carbocycles. The van der Waals surface area contributed by atoms with Crippen molar-refractivity contribution >= 4 is 5.91 Å². The quantitative estimate of drug-likeness (QED) is 0.933.